The molecule has 6 rings (SSSR count). The number of carbonyl (C=O) groups excluding carboxylic acids is 2. The van der Waals surface area contributed by atoms with Gasteiger partial charge in [0.2, 0.25) is 5.95 Å². The van der Waals surface area contributed by atoms with Crippen LogP contribution in [0.5, 0.6) is 5.75 Å². The number of benzene rings is 1. The first-order valence-corrected chi connectivity index (χ1v) is 14.0. The number of thioether (sulfide) groups is 1. The lowest BCUT2D eigenvalue weighted by atomic mass is 9.97. The van der Waals surface area contributed by atoms with Crippen LogP contribution in [0.15, 0.2) is 59.8 Å². The van der Waals surface area contributed by atoms with Crippen molar-refractivity contribution in [3.63, 3.8) is 0 Å². The van der Waals surface area contributed by atoms with Gasteiger partial charge in [-0.1, -0.05) is 6.07 Å². The lowest BCUT2D eigenvalue weighted by Gasteiger charge is -2.32. The molecule has 204 valence electrons. The van der Waals surface area contributed by atoms with Crippen LogP contribution in [0.2, 0.25) is 0 Å². The smallest absolute Gasteiger partial charge is 0.290 e. The minimum atomic E-state index is -0.388. The third-order valence-corrected chi connectivity index (χ3v) is 8.02. The number of amides is 2. The number of aromatic amines is 1. The number of rotatable bonds is 8. The topological polar surface area (TPSA) is 125 Å². The molecule has 40 heavy (non-hydrogen) atoms. The summed E-state index contributed by atoms with van der Waals surface area (Å²) in [4.78, 5) is 43.0. The number of ether oxygens (including phenoxy) is 1. The van der Waals surface area contributed by atoms with Gasteiger partial charge in [-0.25, -0.2) is 15.0 Å². The van der Waals surface area contributed by atoms with E-state index in [0.717, 1.165) is 77.8 Å². The third kappa shape index (κ3) is 5.70. The fourth-order valence-corrected chi connectivity index (χ4v) is 5.72. The van der Waals surface area contributed by atoms with Gasteiger partial charge in [0.05, 0.1) is 29.1 Å². The Morgan fingerprint density at radius 2 is 2.00 bits per heavy atom. The molecule has 0 spiro atoms. The van der Waals surface area contributed by atoms with Crippen LogP contribution in [0.25, 0.3) is 28.2 Å². The number of piperidine rings is 1. The molecule has 3 aromatic heterocycles. The highest BCUT2D eigenvalue weighted by Gasteiger charge is 2.26. The fraction of sp³-hybridized carbons (Fsp3) is 0.276. The van der Waals surface area contributed by atoms with Crippen molar-refractivity contribution in [2.45, 2.75) is 19.4 Å². The highest BCUT2D eigenvalue weighted by molar-refractivity contribution is 8.18. The Kier molecular flexibility index (Phi) is 7.47. The summed E-state index contributed by atoms with van der Waals surface area (Å²) in [6.45, 7) is 3.20. The monoisotopic (exact) mass is 555 g/mol. The quantitative estimate of drug-likeness (QED) is 0.272. The van der Waals surface area contributed by atoms with Crippen LogP contribution < -0.4 is 20.3 Å². The predicted octanol–water partition coefficient (Wildman–Crippen LogP) is 4.36. The molecule has 0 unspecified atom stereocenters. The second-order valence-corrected chi connectivity index (χ2v) is 10.8. The molecule has 4 aromatic rings. The number of aromatic nitrogens is 4. The average molecular weight is 556 g/mol. The van der Waals surface area contributed by atoms with E-state index in [4.69, 9.17) is 9.72 Å². The lowest BCUT2D eigenvalue weighted by molar-refractivity contribution is -0.115. The molecule has 2 aliphatic rings. The Balaban J connectivity index is 1.04. The van der Waals surface area contributed by atoms with Crippen molar-refractivity contribution in [2.75, 3.05) is 31.6 Å². The number of imide groups is 1. The molecule has 2 aliphatic heterocycles. The van der Waals surface area contributed by atoms with Crippen molar-refractivity contribution in [1.82, 2.24) is 30.6 Å². The van der Waals surface area contributed by atoms with Gasteiger partial charge in [0.25, 0.3) is 11.1 Å². The average Bonchev–Trinajstić information content (AvgIpc) is 3.58. The fourth-order valence-electron chi connectivity index (χ4n) is 5.06. The largest absolute Gasteiger partial charge is 0.495 e. The van der Waals surface area contributed by atoms with Gasteiger partial charge in [0.15, 0.2) is 0 Å². The van der Waals surface area contributed by atoms with Crippen molar-refractivity contribution < 1.29 is 14.3 Å². The summed E-state index contributed by atoms with van der Waals surface area (Å²) >= 11 is 0.886. The van der Waals surface area contributed by atoms with Crippen LogP contribution in [-0.2, 0) is 11.3 Å². The third-order valence-electron chi connectivity index (χ3n) is 7.21. The Labute approximate surface area is 235 Å². The van der Waals surface area contributed by atoms with Crippen LogP contribution in [0.3, 0.4) is 0 Å². The molecule has 1 aromatic carbocycles. The number of nitrogens with one attached hydrogen (secondary N) is 3. The molecule has 0 atom stereocenters. The second-order valence-electron chi connectivity index (χ2n) is 9.82. The van der Waals surface area contributed by atoms with Crippen molar-refractivity contribution in [1.29, 1.82) is 0 Å². The van der Waals surface area contributed by atoms with Crippen molar-refractivity contribution in [3.8, 4) is 17.0 Å². The first-order valence-electron chi connectivity index (χ1n) is 13.2. The van der Waals surface area contributed by atoms with E-state index in [9.17, 15) is 9.59 Å². The maximum atomic E-state index is 11.8. The Bertz CT molecular complexity index is 1590. The van der Waals surface area contributed by atoms with E-state index in [1.807, 2.05) is 18.3 Å². The molecular formula is C29H29N7O3S. The molecule has 0 saturated carbocycles. The minimum absolute atomic E-state index is 0.345. The standard InChI is InChI=1S/C29H29N7O3S/c1-39-25-5-4-23(19-2-3-22-20(14-19)6-10-31-22)34-24(25)17-30-16-18-8-12-36(13-9-18)28-32-11-7-21(33-28)15-26-27(37)35-29(38)40-26/h2-7,10-11,14-15,18,30-31H,8-9,12-13,16-17H2,1H3,(H,35,37,38)/b26-15+. The summed E-state index contributed by atoms with van der Waals surface area (Å²) in [5.74, 6) is 1.55. The van der Waals surface area contributed by atoms with Crippen molar-refractivity contribution in [3.05, 3.63) is 71.2 Å². The molecule has 10 nitrogen and oxygen atoms in total. The summed E-state index contributed by atoms with van der Waals surface area (Å²) in [6, 6.07) is 14.1. The summed E-state index contributed by atoms with van der Waals surface area (Å²) in [6.07, 6.45) is 7.28. The van der Waals surface area contributed by atoms with Gasteiger partial charge < -0.3 is 19.9 Å². The number of H-pyrrole nitrogens is 1. The summed E-state index contributed by atoms with van der Waals surface area (Å²) in [5.41, 5.74) is 4.60. The van der Waals surface area contributed by atoms with Gasteiger partial charge in [0, 0.05) is 48.5 Å². The number of pyridine rings is 1. The number of anilines is 1. The SMILES string of the molecule is COc1ccc(-c2ccc3[nH]ccc3c2)nc1CNCC1CCN(c2nccc(/C=C3/SC(=O)NC3=O)n2)CC1. The summed E-state index contributed by atoms with van der Waals surface area (Å²) < 4.78 is 5.59. The molecule has 0 aliphatic carbocycles. The van der Waals surface area contributed by atoms with E-state index < -0.39 is 0 Å². The number of nitrogens with zero attached hydrogens (tertiary/aromatic N) is 4. The molecular weight excluding hydrogens is 526 g/mol. The van der Waals surface area contributed by atoms with Crippen LogP contribution in [0, 0.1) is 5.92 Å². The maximum absolute atomic E-state index is 11.8. The van der Waals surface area contributed by atoms with E-state index in [-0.39, 0.29) is 11.1 Å². The van der Waals surface area contributed by atoms with Gasteiger partial charge in [-0.2, -0.15) is 0 Å². The van der Waals surface area contributed by atoms with Crippen LogP contribution in [0.4, 0.5) is 10.7 Å². The highest BCUT2D eigenvalue weighted by Crippen LogP contribution is 2.28. The molecule has 2 amide bonds. The van der Waals surface area contributed by atoms with Crippen molar-refractivity contribution in [2.24, 2.45) is 5.92 Å². The molecule has 0 radical (unpaired) electrons. The van der Waals surface area contributed by atoms with E-state index in [1.165, 1.54) is 0 Å². The van der Waals surface area contributed by atoms with E-state index in [1.54, 1.807) is 25.4 Å². The van der Waals surface area contributed by atoms with Crippen LogP contribution >= 0.6 is 11.8 Å². The molecule has 2 fully saturated rings. The number of fused-ring (bicyclic) bond motifs is 1. The summed E-state index contributed by atoms with van der Waals surface area (Å²) in [5, 5.41) is 6.65. The maximum Gasteiger partial charge on any atom is 0.290 e. The van der Waals surface area contributed by atoms with Gasteiger partial charge in [-0.3, -0.25) is 14.9 Å². The number of methoxy groups -OCH3 is 1. The highest BCUT2D eigenvalue weighted by atomic mass is 32.2. The van der Waals surface area contributed by atoms with Gasteiger partial charge in [-0.05, 0) is 79.5 Å². The van der Waals surface area contributed by atoms with Gasteiger partial charge in [0.1, 0.15) is 5.75 Å². The number of hydrogen-bond acceptors (Lipinski definition) is 9. The summed E-state index contributed by atoms with van der Waals surface area (Å²) in [7, 11) is 1.68. The van der Waals surface area contributed by atoms with Crippen molar-refractivity contribution >= 4 is 45.8 Å². The van der Waals surface area contributed by atoms with E-state index in [2.05, 4.69) is 54.8 Å². The first kappa shape index (κ1) is 26.0. The normalized spacial score (nSPS) is 17.1. The number of hydrogen-bond donors (Lipinski definition) is 3. The van der Waals surface area contributed by atoms with Crippen LogP contribution in [-0.4, -0.2) is 57.8 Å². The molecule has 3 N–H and O–H groups in total. The molecule has 11 heteroatoms. The zero-order chi connectivity index (χ0) is 27.5. The Morgan fingerprint density at radius 3 is 2.80 bits per heavy atom. The number of carbonyl (C=O) groups is 2. The minimum Gasteiger partial charge on any atom is -0.495 e. The van der Waals surface area contributed by atoms with Crippen LogP contribution in [0.1, 0.15) is 24.2 Å². The lowest BCUT2D eigenvalue weighted by Crippen LogP contribution is -2.38. The Morgan fingerprint density at radius 1 is 1.12 bits per heavy atom. The van der Waals surface area contributed by atoms with Gasteiger partial charge in [-0.15, -0.1) is 0 Å². The Hall–Kier alpha value is -4.22. The second kappa shape index (κ2) is 11.5. The first-order chi connectivity index (χ1) is 19.6. The van der Waals surface area contributed by atoms with E-state index in [0.29, 0.717) is 29.0 Å². The predicted molar refractivity (Wildman–Crippen MR) is 156 cm³/mol. The molecule has 0 bridgehead atoms. The zero-order valence-electron chi connectivity index (χ0n) is 22.0. The molecule has 2 saturated heterocycles. The van der Waals surface area contributed by atoms with Gasteiger partial charge >= 0.3 is 0 Å². The zero-order valence-corrected chi connectivity index (χ0v) is 22.8. The van der Waals surface area contributed by atoms with E-state index >= 15 is 0 Å². The molecule has 5 heterocycles.